The van der Waals surface area contributed by atoms with Crippen LogP contribution < -0.4 is 21.4 Å². The van der Waals surface area contributed by atoms with E-state index in [9.17, 15) is 14.4 Å². The number of aromatic nitrogens is 2. The lowest BCUT2D eigenvalue weighted by atomic mass is 10.1. The number of benzene rings is 1. The maximum atomic E-state index is 11.9. The highest BCUT2D eigenvalue weighted by Gasteiger charge is 2.11. The van der Waals surface area contributed by atoms with E-state index >= 15 is 0 Å². The van der Waals surface area contributed by atoms with Gasteiger partial charge in [0.2, 0.25) is 5.91 Å². The van der Waals surface area contributed by atoms with Crippen LogP contribution in [0.5, 0.6) is 5.75 Å². The molecule has 0 radical (unpaired) electrons. The standard InChI is InChI=1S/C15H14Cl2N4O4/c1-7-9(14(23)20-15(24)19-7)5-12(22)21-18-6-8-3-10(16)13(25-2)11(17)4-8/h3-4,6H,5H2,1-2H3,(H,21,22)(H2,19,20,23,24)/b18-6-. The number of ether oxygens (including phenoxy) is 1. The number of aryl methyl sites for hydroxylation is 1. The Hall–Kier alpha value is -2.58. The lowest BCUT2D eigenvalue weighted by Crippen LogP contribution is -2.30. The number of hydrazone groups is 1. The molecule has 0 saturated heterocycles. The molecule has 10 heteroatoms. The minimum absolute atomic E-state index is 0.155. The largest absolute Gasteiger partial charge is 0.494 e. The van der Waals surface area contributed by atoms with Crippen molar-refractivity contribution >= 4 is 35.3 Å². The molecule has 0 fully saturated rings. The number of rotatable bonds is 5. The van der Waals surface area contributed by atoms with Gasteiger partial charge in [0, 0.05) is 11.3 Å². The third-order valence-electron chi connectivity index (χ3n) is 3.22. The number of carbonyl (C=O) groups is 1. The molecule has 8 nitrogen and oxygen atoms in total. The average molecular weight is 385 g/mol. The summed E-state index contributed by atoms with van der Waals surface area (Å²) >= 11 is 12.0. The van der Waals surface area contributed by atoms with Crippen LogP contribution in [0.3, 0.4) is 0 Å². The van der Waals surface area contributed by atoms with Crippen LogP contribution in [-0.2, 0) is 11.2 Å². The highest BCUT2D eigenvalue weighted by Crippen LogP contribution is 2.33. The summed E-state index contributed by atoms with van der Waals surface area (Å²) in [5.41, 5.74) is 2.07. The fourth-order valence-corrected chi connectivity index (χ4v) is 2.72. The van der Waals surface area contributed by atoms with Gasteiger partial charge >= 0.3 is 5.69 Å². The van der Waals surface area contributed by atoms with Crippen molar-refractivity contribution in [2.45, 2.75) is 13.3 Å². The molecule has 0 aliphatic carbocycles. The number of carbonyl (C=O) groups excluding carboxylic acids is 1. The van der Waals surface area contributed by atoms with Crippen LogP contribution in [-0.4, -0.2) is 29.2 Å². The summed E-state index contributed by atoms with van der Waals surface area (Å²) in [5.74, 6) is -0.181. The summed E-state index contributed by atoms with van der Waals surface area (Å²) < 4.78 is 5.03. The van der Waals surface area contributed by atoms with Crippen molar-refractivity contribution in [3.63, 3.8) is 0 Å². The molecule has 1 heterocycles. The molecule has 25 heavy (non-hydrogen) atoms. The Morgan fingerprint density at radius 3 is 2.48 bits per heavy atom. The molecule has 1 amide bonds. The number of methoxy groups -OCH3 is 1. The number of nitrogens with one attached hydrogen (secondary N) is 3. The molecule has 0 spiro atoms. The van der Waals surface area contributed by atoms with Crippen molar-refractivity contribution in [3.8, 4) is 5.75 Å². The highest BCUT2D eigenvalue weighted by molar-refractivity contribution is 6.37. The minimum atomic E-state index is -0.627. The summed E-state index contributed by atoms with van der Waals surface area (Å²) in [6.07, 6.45) is 1.11. The summed E-state index contributed by atoms with van der Waals surface area (Å²) in [4.78, 5) is 39.2. The monoisotopic (exact) mass is 384 g/mol. The van der Waals surface area contributed by atoms with Gasteiger partial charge in [0.25, 0.3) is 5.56 Å². The fraction of sp³-hybridized carbons (Fsp3) is 0.200. The van der Waals surface area contributed by atoms with Crippen molar-refractivity contribution in [1.29, 1.82) is 0 Å². The van der Waals surface area contributed by atoms with Crippen molar-refractivity contribution in [2.24, 2.45) is 5.10 Å². The molecule has 0 unspecified atom stereocenters. The summed E-state index contributed by atoms with van der Waals surface area (Å²) in [5, 5.41) is 4.39. The van der Waals surface area contributed by atoms with E-state index < -0.39 is 17.2 Å². The van der Waals surface area contributed by atoms with Crippen molar-refractivity contribution in [3.05, 3.63) is 59.8 Å². The first-order chi connectivity index (χ1) is 11.8. The molecule has 1 aromatic carbocycles. The van der Waals surface area contributed by atoms with Gasteiger partial charge in [-0.25, -0.2) is 10.2 Å². The lowest BCUT2D eigenvalue weighted by Gasteiger charge is -2.06. The van der Waals surface area contributed by atoms with E-state index in [0.717, 1.165) is 0 Å². The van der Waals surface area contributed by atoms with Gasteiger partial charge in [0.05, 0.1) is 29.8 Å². The molecular weight excluding hydrogens is 371 g/mol. The van der Waals surface area contributed by atoms with E-state index in [-0.39, 0.29) is 12.0 Å². The molecule has 0 atom stereocenters. The van der Waals surface area contributed by atoms with Crippen molar-refractivity contribution in [1.82, 2.24) is 15.4 Å². The maximum absolute atomic E-state index is 11.9. The predicted molar refractivity (Wildman–Crippen MR) is 94.9 cm³/mol. The zero-order chi connectivity index (χ0) is 18.6. The quantitative estimate of drug-likeness (QED) is 0.533. The zero-order valence-electron chi connectivity index (χ0n) is 13.3. The fourth-order valence-electron chi connectivity index (χ4n) is 2.07. The van der Waals surface area contributed by atoms with Gasteiger partial charge in [-0.05, 0) is 24.6 Å². The van der Waals surface area contributed by atoms with Crippen molar-refractivity contribution < 1.29 is 9.53 Å². The molecule has 0 aliphatic rings. The molecule has 2 aromatic rings. The molecule has 3 N–H and O–H groups in total. The second-order valence-electron chi connectivity index (χ2n) is 5.00. The van der Waals surface area contributed by atoms with E-state index in [1.54, 1.807) is 12.1 Å². The van der Waals surface area contributed by atoms with E-state index in [0.29, 0.717) is 27.1 Å². The zero-order valence-corrected chi connectivity index (χ0v) is 14.8. The highest BCUT2D eigenvalue weighted by atomic mass is 35.5. The lowest BCUT2D eigenvalue weighted by molar-refractivity contribution is -0.120. The van der Waals surface area contributed by atoms with Crippen LogP contribution in [0.4, 0.5) is 0 Å². The molecule has 0 aliphatic heterocycles. The Bertz CT molecular complexity index is 926. The number of nitrogens with zero attached hydrogens (tertiary/aromatic N) is 1. The second-order valence-corrected chi connectivity index (χ2v) is 5.81. The third kappa shape index (κ3) is 4.71. The molecule has 132 valence electrons. The van der Waals surface area contributed by atoms with Crippen LogP contribution in [0.1, 0.15) is 16.8 Å². The van der Waals surface area contributed by atoms with Crippen LogP contribution in [0.25, 0.3) is 0 Å². The van der Waals surface area contributed by atoms with E-state index in [1.807, 2.05) is 0 Å². The number of hydrogen-bond donors (Lipinski definition) is 3. The third-order valence-corrected chi connectivity index (χ3v) is 3.78. The first kappa shape index (κ1) is 18.8. The predicted octanol–water partition coefficient (Wildman–Crippen LogP) is 1.38. The van der Waals surface area contributed by atoms with Gasteiger partial charge in [0.15, 0.2) is 5.75 Å². The molecular formula is C15H14Cl2N4O4. The Balaban J connectivity index is 2.07. The van der Waals surface area contributed by atoms with Gasteiger partial charge in [-0.1, -0.05) is 23.2 Å². The van der Waals surface area contributed by atoms with Gasteiger partial charge in [0.1, 0.15) is 0 Å². The van der Waals surface area contributed by atoms with Crippen LogP contribution in [0.15, 0.2) is 26.8 Å². The second kappa shape index (κ2) is 8.00. The maximum Gasteiger partial charge on any atom is 0.325 e. The van der Waals surface area contributed by atoms with Crippen LogP contribution >= 0.6 is 23.2 Å². The van der Waals surface area contributed by atoms with Crippen LogP contribution in [0.2, 0.25) is 10.0 Å². The first-order valence-electron chi connectivity index (χ1n) is 6.98. The van der Waals surface area contributed by atoms with E-state index in [4.69, 9.17) is 27.9 Å². The Labute approximate surface area is 151 Å². The Kier molecular flexibility index (Phi) is 6.00. The smallest absolute Gasteiger partial charge is 0.325 e. The number of amides is 1. The normalized spacial score (nSPS) is 10.9. The summed E-state index contributed by atoms with van der Waals surface area (Å²) in [6, 6.07) is 3.14. The van der Waals surface area contributed by atoms with Gasteiger partial charge < -0.3 is 9.72 Å². The van der Waals surface area contributed by atoms with Crippen LogP contribution in [0, 0.1) is 6.92 Å². The summed E-state index contributed by atoms with van der Waals surface area (Å²) in [6.45, 7) is 1.53. The van der Waals surface area contributed by atoms with Gasteiger partial charge in [-0.2, -0.15) is 5.10 Å². The molecule has 0 bridgehead atoms. The van der Waals surface area contributed by atoms with Gasteiger partial charge in [-0.15, -0.1) is 0 Å². The van der Waals surface area contributed by atoms with Crippen molar-refractivity contribution in [2.75, 3.05) is 7.11 Å². The first-order valence-corrected chi connectivity index (χ1v) is 7.74. The Morgan fingerprint density at radius 1 is 1.28 bits per heavy atom. The number of halogens is 2. The topological polar surface area (TPSA) is 116 Å². The molecule has 0 saturated carbocycles. The summed E-state index contributed by atoms with van der Waals surface area (Å²) in [7, 11) is 1.45. The van der Waals surface area contributed by atoms with E-state index in [2.05, 4.69) is 20.5 Å². The van der Waals surface area contributed by atoms with Gasteiger partial charge in [-0.3, -0.25) is 14.6 Å². The minimum Gasteiger partial charge on any atom is -0.494 e. The number of hydrogen-bond acceptors (Lipinski definition) is 5. The number of H-pyrrole nitrogens is 2. The SMILES string of the molecule is COc1c(Cl)cc(/C=N\NC(=O)Cc2c(C)[nH]c(=O)[nH]c2=O)cc1Cl. The number of aromatic amines is 2. The molecule has 2 rings (SSSR count). The Morgan fingerprint density at radius 2 is 1.92 bits per heavy atom. The van der Waals surface area contributed by atoms with E-state index in [1.165, 1.54) is 20.2 Å². The molecule has 1 aromatic heterocycles. The average Bonchev–Trinajstić information content (AvgIpc) is 2.50.